The van der Waals surface area contributed by atoms with Crippen LogP contribution in [0, 0.1) is 6.92 Å². The Morgan fingerprint density at radius 3 is 2.73 bits per heavy atom. The van der Waals surface area contributed by atoms with Crippen molar-refractivity contribution in [2.24, 2.45) is 0 Å². The quantitative estimate of drug-likeness (QED) is 0.774. The molecule has 0 fully saturated rings. The summed E-state index contributed by atoms with van der Waals surface area (Å²) in [5.74, 6) is 0.679. The molecule has 3 rings (SSSR count). The van der Waals surface area contributed by atoms with E-state index < -0.39 is 0 Å². The summed E-state index contributed by atoms with van der Waals surface area (Å²) < 4.78 is 5.63. The van der Waals surface area contributed by atoms with Gasteiger partial charge in [-0.3, -0.25) is 4.79 Å². The Morgan fingerprint density at radius 2 is 2.04 bits per heavy atom. The lowest BCUT2D eigenvalue weighted by atomic mass is 10.0. The summed E-state index contributed by atoms with van der Waals surface area (Å²) in [7, 11) is 0. The number of aromatic nitrogens is 2. The molecule has 1 amide bonds. The first-order valence-electron chi connectivity index (χ1n) is 8.93. The number of unbranched alkanes of at least 4 members (excludes halogenated alkanes) is 1. The Labute approximate surface area is 153 Å². The number of rotatable bonds is 6. The number of nitrogens with zero attached hydrogens (tertiary/aromatic N) is 3. The molecule has 1 unspecified atom stereocenters. The van der Waals surface area contributed by atoms with Crippen LogP contribution < -0.4 is 20.7 Å². The van der Waals surface area contributed by atoms with Crippen LogP contribution in [0.15, 0.2) is 24.3 Å². The normalized spacial score (nSPS) is 14.6. The van der Waals surface area contributed by atoms with Crippen LogP contribution in [0.3, 0.4) is 0 Å². The molecule has 1 aromatic heterocycles. The molecular weight excluding hydrogens is 330 g/mol. The van der Waals surface area contributed by atoms with Crippen molar-refractivity contribution >= 4 is 23.2 Å². The summed E-state index contributed by atoms with van der Waals surface area (Å²) in [6.07, 6.45) is 1.94. The first kappa shape index (κ1) is 18.0. The van der Waals surface area contributed by atoms with Crippen molar-refractivity contribution in [3.8, 4) is 6.01 Å². The molecule has 0 aliphatic carbocycles. The van der Waals surface area contributed by atoms with E-state index in [1.807, 2.05) is 18.7 Å². The lowest BCUT2D eigenvalue weighted by molar-refractivity contribution is -0.115. The van der Waals surface area contributed by atoms with Gasteiger partial charge in [0.05, 0.1) is 19.2 Å². The first-order valence-corrected chi connectivity index (χ1v) is 8.93. The van der Waals surface area contributed by atoms with Gasteiger partial charge in [-0.2, -0.15) is 9.97 Å². The molecule has 1 atom stereocenters. The van der Waals surface area contributed by atoms with Crippen molar-refractivity contribution in [2.45, 2.75) is 39.7 Å². The van der Waals surface area contributed by atoms with Crippen LogP contribution in [0.2, 0.25) is 0 Å². The van der Waals surface area contributed by atoms with Crippen LogP contribution in [-0.4, -0.2) is 29.0 Å². The highest BCUT2D eigenvalue weighted by Gasteiger charge is 2.30. The van der Waals surface area contributed by atoms with E-state index >= 15 is 0 Å². The molecule has 0 spiro atoms. The molecule has 2 heterocycles. The second-order valence-corrected chi connectivity index (χ2v) is 6.55. The highest BCUT2D eigenvalue weighted by molar-refractivity contribution is 6.03. The van der Waals surface area contributed by atoms with E-state index in [1.54, 1.807) is 0 Å². The molecule has 0 saturated carbocycles. The molecule has 2 aromatic rings. The molecule has 138 valence electrons. The highest BCUT2D eigenvalue weighted by atomic mass is 16.5. The number of benzene rings is 1. The standard InChI is InChI=1S/C19H25N5O2/c1-4-5-10-26-19-22-17(20)16-18(23-19)24(11-15(25)21-16)13(3)14-8-6-12(2)7-9-14/h6-9,13H,4-5,10-11H2,1-3H3,(H,21,25)(H2,20,22,23). The molecule has 0 saturated heterocycles. The van der Waals surface area contributed by atoms with Gasteiger partial charge in [-0.1, -0.05) is 43.2 Å². The van der Waals surface area contributed by atoms with E-state index in [9.17, 15) is 4.79 Å². The SMILES string of the molecule is CCCCOc1nc(N)c2c(n1)N(C(C)c1ccc(C)cc1)CC(=O)N2. The third kappa shape index (κ3) is 3.71. The molecular formula is C19H25N5O2. The van der Waals surface area contributed by atoms with Crippen LogP contribution in [0.1, 0.15) is 43.9 Å². The smallest absolute Gasteiger partial charge is 0.320 e. The maximum atomic E-state index is 12.2. The third-order valence-electron chi connectivity index (χ3n) is 4.50. The predicted octanol–water partition coefficient (Wildman–Crippen LogP) is 3.07. The summed E-state index contributed by atoms with van der Waals surface area (Å²) in [6, 6.07) is 8.45. The van der Waals surface area contributed by atoms with E-state index in [4.69, 9.17) is 10.5 Å². The number of amides is 1. The summed E-state index contributed by atoms with van der Waals surface area (Å²) in [4.78, 5) is 22.8. The van der Waals surface area contributed by atoms with Gasteiger partial charge in [-0.05, 0) is 25.8 Å². The fourth-order valence-corrected chi connectivity index (χ4v) is 2.90. The van der Waals surface area contributed by atoms with Crippen molar-refractivity contribution < 1.29 is 9.53 Å². The predicted molar refractivity (Wildman–Crippen MR) is 102 cm³/mol. The Balaban J connectivity index is 1.95. The van der Waals surface area contributed by atoms with E-state index in [0.717, 1.165) is 18.4 Å². The van der Waals surface area contributed by atoms with Gasteiger partial charge in [-0.25, -0.2) is 0 Å². The number of carbonyl (C=O) groups excluding carboxylic acids is 1. The minimum atomic E-state index is -0.133. The van der Waals surface area contributed by atoms with Crippen LogP contribution >= 0.6 is 0 Å². The zero-order valence-electron chi connectivity index (χ0n) is 15.5. The number of hydrogen-bond donors (Lipinski definition) is 2. The minimum absolute atomic E-state index is 0.0433. The number of fused-ring (bicyclic) bond motifs is 1. The van der Waals surface area contributed by atoms with Gasteiger partial charge in [0, 0.05) is 0 Å². The Morgan fingerprint density at radius 1 is 1.31 bits per heavy atom. The Bertz CT molecular complexity index is 791. The van der Waals surface area contributed by atoms with E-state index in [2.05, 4.69) is 46.5 Å². The zero-order valence-corrected chi connectivity index (χ0v) is 15.5. The van der Waals surface area contributed by atoms with Gasteiger partial charge < -0.3 is 20.7 Å². The van der Waals surface area contributed by atoms with E-state index in [1.165, 1.54) is 5.56 Å². The van der Waals surface area contributed by atoms with Gasteiger partial charge in [0.15, 0.2) is 11.6 Å². The van der Waals surface area contributed by atoms with Gasteiger partial charge in [0.1, 0.15) is 5.69 Å². The van der Waals surface area contributed by atoms with Crippen LogP contribution in [0.25, 0.3) is 0 Å². The maximum absolute atomic E-state index is 12.2. The van der Waals surface area contributed by atoms with Crippen molar-refractivity contribution in [3.05, 3.63) is 35.4 Å². The van der Waals surface area contributed by atoms with Crippen molar-refractivity contribution in [3.63, 3.8) is 0 Å². The van der Waals surface area contributed by atoms with Crippen molar-refractivity contribution in [2.75, 3.05) is 29.1 Å². The number of nitrogen functional groups attached to an aromatic ring is 1. The number of anilines is 3. The number of ether oxygens (including phenoxy) is 1. The van der Waals surface area contributed by atoms with Gasteiger partial charge in [-0.15, -0.1) is 0 Å². The average Bonchev–Trinajstić information content (AvgIpc) is 2.62. The fourth-order valence-electron chi connectivity index (χ4n) is 2.90. The summed E-state index contributed by atoms with van der Waals surface area (Å²) in [5, 5.41) is 2.78. The molecule has 1 aliphatic heterocycles. The topological polar surface area (TPSA) is 93.4 Å². The number of aryl methyl sites for hydroxylation is 1. The molecule has 7 nitrogen and oxygen atoms in total. The third-order valence-corrected chi connectivity index (χ3v) is 4.50. The molecule has 1 aliphatic rings. The number of nitrogens with two attached hydrogens (primary N) is 1. The van der Waals surface area contributed by atoms with Crippen LogP contribution in [0.5, 0.6) is 6.01 Å². The van der Waals surface area contributed by atoms with E-state index in [-0.39, 0.29) is 30.3 Å². The van der Waals surface area contributed by atoms with Crippen LogP contribution in [0.4, 0.5) is 17.3 Å². The molecule has 3 N–H and O–H groups in total. The van der Waals surface area contributed by atoms with Crippen molar-refractivity contribution in [1.29, 1.82) is 0 Å². The lowest BCUT2D eigenvalue weighted by Crippen LogP contribution is -2.41. The molecule has 0 bridgehead atoms. The van der Waals surface area contributed by atoms with Gasteiger partial charge in [0.25, 0.3) is 0 Å². The maximum Gasteiger partial charge on any atom is 0.320 e. The summed E-state index contributed by atoms with van der Waals surface area (Å²) in [6.45, 7) is 6.92. The molecule has 26 heavy (non-hydrogen) atoms. The minimum Gasteiger partial charge on any atom is -0.463 e. The Kier molecular flexibility index (Phi) is 5.25. The number of nitrogens with one attached hydrogen (secondary N) is 1. The first-order chi connectivity index (χ1) is 12.5. The lowest BCUT2D eigenvalue weighted by Gasteiger charge is -2.35. The second kappa shape index (κ2) is 7.59. The summed E-state index contributed by atoms with van der Waals surface area (Å²) >= 11 is 0. The number of carbonyl (C=O) groups is 1. The zero-order chi connectivity index (χ0) is 18.7. The van der Waals surface area contributed by atoms with Gasteiger partial charge >= 0.3 is 6.01 Å². The van der Waals surface area contributed by atoms with Gasteiger partial charge in [0.2, 0.25) is 5.91 Å². The second-order valence-electron chi connectivity index (χ2n) is 6.55. The highest BCUT2D eigenvalue weighted by Crippen LogP contribution is 2.37. The fraction of sp³-hybridized carbons (Fsp3) is 0.421. The summed E-state index contributed by atoms with van der Waals surface area (Å²) in [5.41, 5.74) is 8.79. The molecule has 7 heteroatoms. The number of hydrogen-bond acceptors (Lipinski definition) is 6. The molecule has 1 aromatic carbocycles. The Hall–Kier alpha value is -2.83. The van der Waals surface area contributed by atoms with E-state index in [0.29, 0.717) is 18.1 Å². The van der Waals surface area contributed by atoms with Crippen molar-refractivity contribution in [1.82, 2.24) is 9.97 Å². The largest absolute Gasteiger partial charge is 0.463 e. The monoisotopic (exact) mass is 355 g/mol. The average molecular weight is 355 g/mol. The van der Waals surface area contributed by atoms with Crippen LogP contribution in [-0.2, 0) is 4.79 Å². The molecule has 0 radical (unpaired) electrons.